The van der Waals surface area contributed by atoms with Crippen LogP contribution < -0.4 is 10.1 Å². The number of aromatic nitrogens is 2. The minimum Gasteiger partial charge on any atom is -0.438 e. The average Bonchev–Trinajstić information content (AvgIpc) is 3.69. The number of rotatable bonds is 12. The monoisotopic (exact) mass is 525 g/mol. The van der Waals surface area contributed by atoms with Crippen LogP contribution in [-0.2, 0) is 21.1 Å². The molecule has 2 atom stereocenters. The van der Waals surface area contributed by atoms with Gasteiger partial charge in [0.25, 0.3) is 0 Å². The number of carbonyl (C=O) groups is 1. The number of nitrogens with zero attached hydrogens (tertiary/aromatic N) is 2. The molecule has 1 aliphatic rings. The number of sulfone groups is 1. The Balaban J connectivity index is 0.00000380. The summed E-state index contributed by atoms with van der Waals surface area (Å²) in [5, 5.41) is 22.2. The van der Waals surface area contributed by atoms with Gasteiger partial charge in [-0.25, -0.2) is 13.4 Å². The minimum atomic E-state index is -3.85. The molecule has 2 aromatic carbocycles. The molecule has 0 unspecified atom stereocenters. The van der Waals surface area contributed by atoms with Crippen LogP contribution in [0, 0.1) is 11.8 Å². The van der Waals surface area contributed by atoms with E-state index in [2.05, 4.69) is 15.3 Å². The van der Waals surface area contributed by atoms with Crippen LogP contribution in [0.5, 0.6) is 11.6 Å². The number of hydrogen-bond donors (Lipinski definition) is 3. The molecule has 0 radical (unpaired) electrons. The van der Waals surface area contributed by atoms with Crippen LogP contribution in [0.4, 0.5) is 0 Å². The van der Waals surface area contributed by atoms with E-state index in [1.165, 1.54) is 42.9 Å². The number of ether oxygens (including phenoxy) is 1. The Hall–Kier alpha value is -3.28. The fourth-order valence-electron chi connectivity index (χ4n) is 3.93. The van der Waals surface area contributed by atoms with Crippen LogP contribution in [0.25, 0.3) is 0 Å². The standard InChI is InChI=1S/C25H28BN3O6S.CH4/c30-25(29-23(26(31)32)15-19-6-7-19)20(14-18-4-2-1-3-5-18)17-36(33,34)22-10-8-21(9-11-22)35-24-16-27-12-13-28-24;/h1-5,8-13,16,19-20,23,31-32H,6-7,14-15,17H2,(H,29,30);1H4/t20-,23+;/m1./s1. The Morgan fingerprint density at radius 3 is 2.38 bits per heavy atom. The second-order valence-corrected chi connectivity index (χ2v) is 11.0. The van der Waals surface area contributed by atoms with E-state index in [-0.39, 0.29) is 24.6 Å². The van der Waals surface area contributed by atoms with Crippen LogP contribution in [0.1, 0.15) is 32.3 Å². The number of hydrogen-bond acceptors (Lipinski definition) is 8. The van der Waals surface area contributed by atoms with E-state index >= 15 is 0 Å². The number of amides is 1. The molecule has 1 aromatic heterocycles. The van der Waals surface area contributed by atoms with Crippen molar-refractivity contribution in [1.82, 2.24) is 15.3 Å². The second kappa shape index (κ2) is 12.8. The SMILES string of the molecule is C.O=C(N[C@@H](CC1CC1)B(O)O)[C@H](Cc1ccccc1)CS(=O)(=O)c1ccc(Oc2cnccn2)cc1. The first-order valence-corrected chi connectivity index (χ1v) is 13.4. The first kappa shape index (κ1) is 28.3. The summed E-state index contributed by atoms with van der Waals surface area (Å²) < 4.78 is 32.1. The van der Waals surface area contributed by atoms with Crippen molar-refractivity contribution in [1.29, 1.82) is 0 Å². The zero-order valence-electron chi connectivity index (χ0n) is 19.6. The highest BCUT2D eigenvalue weighted by Gasteiger charge is 2.35. The van der Waals surface area contributed by atoms with E-state index in [1.54, 1.807) is 0 Å². The van der Waals surface area contributed by atoms with Gasteiger partial charge in [0.1, 0.15) is 5.75 Å². The molecule has 0 bridgehead atoms. The third-order valence-electron chi connectivity index (χ3n) is 6.03. The molecule has 3 N–H and O–H groups in total. The number of benzene rings is 2. The quantitative estimate of drug-likeness (QED) is 0.307. The van der Waals surface area contributed by atoms with Crippen molar-refractivity contribution in [2.45, 2.75) is 43.9 Å². The molecule has 37 heavy (non-hydrogen) atoms. The molecule has 4 rings (SSSR count). The molecular weight excluding hydrogens is 493 g/mol. The molecule has 1 amide bonds. The predicted octanol–water partition coefficient (Wildman–Crippen LogP) is 2.83. The van der Waals surface area contributed by atoms with Gasteiger partial charge in [-0.1, -0.05) is 50.6 Å². The fraction of sp³-hybridized carbons (Fsp3) is 0.346. The number of nitrogens with one attached hydrogen (secondary N) is 1. The summed E-state index contributed by atoms with van der Waals surface area (Å²) in [6.07, 6.45) is 7.04. The van der Waals surface area contributed by atoms with Crippen molar-refractivity contribution in [3.05, 3.63) is 78.8 Å². The van der Waals surface area contributed by atoms with Gasteiger partial charge < -0.3 is 20.1 Å². The van der Waals surface area contributed by atoms with Crippen molar-refractivity contribution in [3.63, 3.8) is 0 Å². The molecule has 1 heterocycles. The van der Waals surface area contributed by atoms with Gasteiger partial charge >= 0.3 is 7.12 Å². The van der Waals surface area contributed by atoms with Gasteiger partial charge in [0.2, 0.25) is 11.8 Å². The lowest BCUT2D eigenvalue weighted by atomic mass is 9.76. The summed E-state index contributed by atoms with van der Waals surface area (Å²) in [6.45, 7) is 0. The van der Waals surface area contributed by atoms with Crippen molar-refractivity contribution in [2.24, 2.45) is 11.8 Å². The zero-order chi connectivity index (χ0) is 25.5. The molecule has 1 fully saturated rings. The molecule has 1 saturated carbocycles. The van der Waals surface area contributed by atoms with Gasteiger partial charge in [0.15, 0.2) is 9.84 Å². The lowest BCUT2D eigenvalue weighted by Gasteiger charge is -2.22. The molecule has 1 aliphatic carbocycles. The molecule has 0 saturated heterocycles. The van der Waals surface area contributed by atoms with Gasteiger partial charge in [-0.2, -0.15) is 0 Å². The van der Waals surface area contributed by atoms with Gasteiger partial charge in [-0.15, -0.1) is 0 Å². The predicted molar refractivity (Wildman–Crippen MR) is 140 cm³/mol. The van der Waals surface area contributed by atoms with E-state index in [9.17, 15) is 23.3 Å². The van der Waals surface area contributed by atoms with E-state index < -0.39 is 40.5 Å². The Labute approximate surface area is 218 Å². The Bertz CT molecular complexity index is 1240. The molecule has 11 heteroatoms. The summed E-state index contributed by atoms with van der Waals surface area (Å²) in [6, 6.07) is 15.0. The topological polar surface area (TPSA) is 139 Å². The Kier molecular flexibility index (Phi) is 9.79. The van der Waals surface area contributed by atoms with Crippen LogP contribution >= 0.6 is 0 Å². The normalized spacial score (nSPS) is 14.6. The first-order valence-electron chi connectivity index (χ1n) is 11.8. The Morgan fingerprint density at radius 1 is 1.08 bits per heavy atom. The highest BCUT2D eigenvalue weighted by molar-refractivity contribution is 7.91. The third kappa shape index (κ3) is 8.38. The van der Waals surface area contributed by atoms with Gasteiger partial charge in [-0.05, 0) is 48.6 Å². The average molecular weight is 525 g/mol. The maximum Gasteiger partial charge on any atom is 0.475 e. The van der Waals surface area contributed by atoms with Crippen LogP contribution in [0.3, 0.4) is 0 Å². The van der Waals surface area contributed by atoms with E-state index in [1.807, 2.05) is 30.3 Å². The number of carbonyl (C=O) groups excluding carboxylic acids is 1. The molecule has 0 spiro atoms. The Morgan fingerprint density at radius 2 is 1.78 bits per heavy atom. The summed E-state index contributed by atoms with van der Waals surface area (Å²) in [7, 11) is -5.57. The molecule has 0 aliphatic heterocycles. The summed E-state index contributed by atoms with van der Waals surface area (Å²) in [5.74, 6) is -1.71. The van der Waals surface area contributed by atoms with E-state index in [4.69, 9.17) is 4.74 Å². The lowest BCUT2D eigenvalue weighted by molar-refractivity contribution is -0.124. The van der Waals surface area contributed by atoms with Crippen LogP contribution in [0.15, 0.2) is 78.1 Å². The smallest absolute Gasteiger partial charge is 0.438 e. The zero-order valence-corrected chi connectivity index (χ0v) is 20.4. The summed E-state index contributed by atoms with van der Waals surface area (Å²) >= 11 is 0. The largest absolute Gasteiger partial charge is 0.475 e. The van der Waals surface area contributed by atoms with Gasteiger partial charge in [0, 0.05) is 12.4 Å². The highest BCUT2D eigenvalue weighted by Crippen LogP contribution is 2.33. The van der Waals surface area contributed by atoms with Crippen molar-refractivity contribution in [3.8, 4) is 11.6 Å². The van der Waals surface area contributed by atoms with Gasteiger partial charge in [0.05, 0.1) is 28.7 Å². The molecular formula is C26H32BN3O6S. The van der Waals surface area contributed by atoms with E-state index in [0.717, 1.165) is 18.4 Å². The maximum absolute atomic E-state index is 13.3. The van der Waals surface area contributed by atoms with Gasteiger partial charge in [-0.3, -0.25) is 9.78 Å². The second-order valence-electron chi connectivity index (χ2n) is 8.99. The maximum atomic E-state index is 13.3. The molecule has 9 nitrogen and oxygen atoms in total. The van der Waals surface area contributed by atoms with Crippen molar-refractivity contribution in [2.75, 3.05) is 5.75 Å². The molecule has 3 aromatic rings. The lowest BCUT2D eigenvalue weighted by Crippen LogP contribution is -2.50. The molecule has 196 valence electrons. The van der Waals surface area contributed by atoms with Crippen molar-refractivity contribution >= 4 is 22.9 Å². The van der Waals surface area contributed by atoms with Crippen LogP contribution in [0.2, 0.25) is 0 Å². The van der Waals surface area contributed by atoms with E-state index in [0.29, 0.717) is 18.1 Å². The first-order chi connectivity index (χ1) is 17.3. The fourth-order valence-corrected chi connectivity index (χ4v) is 5.47. The summed E-state index contributed by atoms with van der Waals surface area (Å²) in [4.78, 5) is 21.2. The summed E-state index contributed by atoms with van der Waals surface area (Å²) in [5.41, 5.74) is 0.809. The van der Waals surface area contributed by atoms with Crippen LogP contribution in [-0.4, -0.2) is 53.2 Å². The van der Waals surface area contributed by atoms with Crippen molar-refractivity contribution < 1.29 is 28.0 Å². The third-order valence-corrected chi connectivity index (χ3v) is 7.86. The minimum absolute atomic E-state index is 0. The highest BCUT2D eigenvalue weighted by atomic mass is 32.2.